The molecule has 110 valence electrons. The zero-order valence-corrected chi connectivity index (χ0v) is 12.7. The number of anilines is 3. The van der Waals surface area contributed by atoms with E-state index in [2.05, 4.69) is 25.6 Å². The second-order valence-electron chi connectivity index (χ2n) is 4.58. The van der Waals surface area contributed by atoms with Crippen molar-refractivity contribution < 1.29 is 0 Å². The standard InChI is InChI=1S/C16H14ClN5/c1-18-16-21-14(11-6-8-19-9-7-11)10-15(22-16)20-13-4-2-12(17)3-5-13/h2-10H,1H3,(H2,18,20,21,22). The Morgan fingerprint density at radius 3 is 2.36 bits per heavy atom. The fourth-order valence-electron chi connectivity index (χ4n) is 1.97. The number of nitrogens with zero attached hydrogens (tertiary/aromatic N) is 3. The van der Waals surface area contributed by atoms with Crippen LogP contribution in [-0.4, -0.2) is 22.0 Å². The first-order valence-electron chi connectivity index (χ1n) is 6.74. The van der Waals surface area contributed by atoms with Gasteiger partial charge >= 0.3 is 0 Å². The van der Waals surface area contributed by atoms with Crippen LogP contribution in [-0.2, 0) is 0 Å². The van der Waals surface area contributed by atoms with E-state index in [0.717, 1.165) is 16.9 Å². The van der Waals surface area contributed by atoms with Crippen molar-refractivity contribution in [3.63, 3.8) is 0 Å². The molecule has 0 atom stereocenters. The van der Waals surface area contributed by atoms with Crippen LogP contribution < -0.4 is 10.6 Å². The van der Waals surface area contributed by atoms with Gasteiger partial charge in [-0.3, -0.25) is 4.98 Å². The molecule has 0 aliphatic heterocycles. The van der Waals surface area contributed by atoms with Crippen molar-refractivity contribution >= 4 is 29.1 Å². The zero-order chi connectivity index (χ0) is 15.4. The van der Waals surface area contributed by atoms with Gasteiger partial charge in [-0.15, -0.1) is 0 Å². The van der Waals surface area contributed by atoms with Gasteiger partial charge in [0.05, 0.1) is 5.69 Å². The van der Waals surface area contributed by atoms with Gasteiger partial charge in [0.25, 0.3) is 0 Å². The fourth-order valence-corrected chi connectivity index (χ4v) is 2.10. The van der Waals surface area contributed by atoms with Gasteiger partial charge in [0.2, 0.25) is 5.95 Å². The van der Waals surface area contributed by atoms with E-state index in [1.807, 2.05) is 42.5 Å². The number of hydrogen-bond donors (Lipinski definition) is 2. The molecule has 0 saturated heterocycles. The molecule has 0 bridgehead atoms. The lowest BCUT2D eigenvalue weighted by Gasteiger charge is -2.10. The van der Waals surface area contributed by atoms with Crippen molar-refractivity contribution in [1.29, 1.82) is 0 Å². The van der Waals surface area contributed by atoms with Crippen LogP contribution in [0.15, 0.2) is 54.9 Å². The average molecular weight is 312 g/mol. The summed E-state index contributed by atoms with van der Waals surface area (Å²) < 4.78 is 0. The molecule has 0 spiro atoms. The summed E-state index contributed by atoms with van der Waals surface area (Å²) in [6, 6.07) is 13.2. The van der Waals surface area contributed by atoms with E-state index in [1.54, 1.807) is 19.4 Å². The van der Waals surface area contributed by atoms with Crippen molar-refractivity contribution in [3.8, 4) is 11.3 Å². The highest BCUT2D eigenvalue weighted by atomic mass is 35.5. The van der Waals surface area contributed by atoms with Gasteiger partial charge in [-0.25, -0.2) is 4.98 Å². The number of pyridine rings is 1. The van der Waals surface area contributed by atoms with E-state index in [-0.39, 0.29) is 0 Å². The maximum absolute atomic E-state index is 5.90. The molecule has 3 rings (SSSR count). The molecule has 0 radical (unpaired) electrons. The number of halogens is 1. The van der Waals surface area contributed by atoms with E-state index in [9.17, 15) is 0 Å². The molecule has 0 aliphatic carbocycles. The van der Waals surface area contributed by atoms with Crippen molar-refractivity contribution in [2.45, 2.75) is 0 Å². The average Bonchev–Trinajstić information content (AvgIpc) is 2.57. The Labute approximate surface area is 133 Å². The predicted octanol–water partition coefficient (Wildman–Crippen LogP) is 3.98. The second kappa shape index (κ2) is 6.41. The number of hydrogen-bond acceptors (Lipinski definition) is 5. The topological polar surface area (TPSA) is 62.7 Å². The summed E-state index contributed by atoms with van der Waals surface area (Å²) in [5.41, 5.74) is 2.71. The lowest BCUT2D eigenvalue weighted by atomic mass is 10.2. The van der Waals surface area contributed by atoms with Gasteiger partial charge in [0.1, 0.15) is 5.82 Å². The van der Waals surface area contributed by atoms with Crippen LogP contribution in [0, 0.1) is 0 Å². The first-order chi connectivity index (χ1) is 10.7. The number of nitrogens with one attached hydrogen (secondary N) is 2. The van der Waals surface area contributed by atoms with Gasteiger partial charge in [0.15, 0.2) is 0 Å². The fraction of sp³-hybridized carbons (Fsp3) is 0.0625. The van der Waals surface area contributed by atoms with Crippen molar-refractivity contribution in [3.05, 3.63) is 59.9 Å². The van der Waals surface area contributed by atoms with Gasteiger partial charge < -0.3 is 10.6 Å². The summed E-state index contributed by atoms with van der Waals surface area (Å²) in [6.45, 7) is 0. The van der Waals surface area contributed by atoms with E-state index >= 15 is 0 Å². The molecule has 0 aliphatic rings. The number of rotatable bonds is 4. The Morgan fingerprint density at radius 2 is 1.68 bits per heavy atom. The molecule has 0 saturated carbocycles. The molecule has 2 N–H and O–H groups in total. The predicted molar refractivity (Wildman–Crippen MR) is 89.5 cm³/mol. The Bertz CT molecular complexity index is 759. The van der Waals surface area contributed by atoms with Crippen LogP contribution in [0.3, 0.4) is 0 Å². The van der Waals surface area contributed by atoms with Gasteiger partial charge in [-0.2, -0.15) is 4.98 Å². The molecular weight excluding hydrogens is 298 g/mol. The molecule has 5 nitrogen and oxygen atoms in total. The molecule has 22 heavy (non-hydrogen) atoms. The molecule has 0 amide bonds. The SMILES string of the molecule is CNc1nc(Nc2ccc(Cl)cc2)cc(-c2ccncc2)n1. The Hall–Kier alpha value is -2.66. The minimum atomic E-state index is 0.547. The molecular formula is C16H14ClN5. The maximum Gasteiger partial charge on any atom is 0.224 e. The van der Waals surface area contributed by atoms with E-state index in [4.69, 9.17) is 11.6 Å². The first-order valence-corrected chi connectivity index (χ1v) is 7.12. The molecule has 1 aromatic carbocycles. The van der Waals surface area contributed by atoms with Crippen LogP contribution in [0.25, 0.3) is 11.3 Å². The Kier molecular flexibility index (Phi) is 4.16. The van der Waals surface area contributed by atoms with E-state index in [0.29, 0.717) is 16.8 Å². The second-order valence-corrected chi connectivity index (χ2v) is 5.02. The summed E-state index contributed by atoms with van der Waals surface area (Å²) in [5.74, 6) is 1.25. The van der Waals surface area contributed by atoms with E-state index in [1.165, 1.54) is 0 Å². The molecule has 0 fully saturated rings. The lowest BCUT2D eigenvalue weighted by molar-refractivity contribution is 1.15. The van der Waals surface area contributed by atoms with Crippen LogP contribution in [0.2, 0.25) is 5.02 Å². The van der Waals surface area contributed by atoms with Crippen molar-refractivity contribution in [1.82, 2.24) is 15.0 Å². The summed E-state index contributed by atoms with van der Waals surface area (Å²) in [4.78, 5) is 12.9. The lowest BCUT2D eigenvalue weighted by Crippen LogP contribution is -2.02. The largest absolute Gasteiger partial charge is 0.357 e. The number of aromatic nitrogens is 3. The van der Waals surface area contributed by atoms with Gasteiger partial charge in [-0.05, 0) is 36.4 Å². The maximum atomic E-state index is 5.90. The van der Waals surface area contributed by atoms with Crippen LogP contribution >= 0.6 is 11.6 Å². The van der Waals surface area contributed by atoms with Gasteiger partial charge in [0, 0.05) is 41.8 Å². The van der Waals surface area contributed by atoms with Crippen molar-refractivity contribution in [2.24, 2.45) is 0 Å². The molecule has 2 heterocycles. The summed E-state index contributed by atoms with van der Waals surface area (Å²) >= 11 is 5.90. The monoisotopic (exact) mass is 311 g/mol. The third kappa shape index (κ3) is 3.32. The van der Waals surface area contributed by atoms with E-state index < -0.39 is 0 Å². The molecule has 2 aromatic heterocycles. The van der Waals surface area contributed by atoms with Crippen LogP contribution in [0.4, 0.5) is 17.5 Å². The molecule has 0 unspecified atom stereocenters. The first kappa shape index (κ1) is 14.3. The van der Waals surface area contributed by atoms with Gasteiger partial charge in [-0.1, -0.05) is 11.6 Å². The summed E-state index contributed by atoms with van der Waals surface area (Å²) in [7, 11) is 1.79. The third-order valence-corrected chi connectivity index (χ3v) is 3.29. The minimum absolute atomic E-state index is 0.547. The highest BCUT2D eigenvalue weighted by Gasteiger charge is 2.06. The minimum Gasteiger partial charge on any atom is -0.357 e. The zero-order valence-electron chi connectivity index (χ0n) is 11.9. The Morgan fingerprint density at radius 1 is 0.955 bits per heavy atom. The highest BCUT2D eigenvalue weighted by molar-refractivity contribution is 6.30. The van der Waals surface area contributed by atoms with Crippen molar-refractivity contribution in [2.75, 3.05) is 17.7 Å². The quantitative estimate of drug-likeness (QED) is 0.763. The summed E-state index contributed by atoms with van der Waals surface area (Å²) in [6.07, 6.45) is 3.48. The van der Waals surface area contributed by atoms with Crippen LogP contribution in [0.1, 0.15) is 0 Å². The molecule has 6 heteroatoms. The number of benzene rings is 1. The van der Waals surface area contributed by atoms with Crippen LogP contribution in [0.5, 0.6) is 0 Å². The normalized spacial score (nSPS) is 10.3. The highest BCUT2D eigenvalue weighted by Crippen LogP contribution is 2.23. The Balaban J connectivity index is 1.95. The summed E-state index contributed by atoms with van der Waals surface area (Å²) in [5, 5.41) is 6.92. The smallest absolute Gasteiger partial charge is 0.224 e. The molecule has 3 aromatic rings. The third-order valence-electron chi connectivity index (χ3n) is 3.04.